The zero-order chi connectivity index (χ0) is 15.5. The Morgan fingerprint density at radius 3 is 2.45 bits per heavy atom. The highest BCUT2D eigenvalue weighted by molar-refractivity contribution is 6.05. The van der Waals surface area contributed by atoms with Gasteiger partial charge in [0.05, 0.1) is 6.42 Å². The lowest BCUT2D eigenvalue weighted by Crippen LogP contribution is -2.50. The maximum absolute atomic E-state index is 12.2. The molecule has 0 spiro atoms. The van der Waals surface area contributed by atoms with Crippen molar-refractivity contribution in [1.82, 2.24) is 25.5 Å². The fourth-order valence-corrected chi connectivity index (χ4v) is 2.52. The van der Waals surface area contributed by atoms with Crippen molar-refractivity contribution < 1.29 is 14.4 Å². The summed E-state index contributed by atoms with van der Waals surface area (Å²) in [6.45, 7) is 2.36. The van der Waals surface area contributed by atoms with Crippen molar-refractivity contribution in [3.05, 3.63) is 18.5 Å². The van der Waals surface area contributed by atoms with Crippen molar-refractivity contribution in [1.29, 1.82) is 0 Å². The molecule has 2 saturated heterocycles. The zero-order valence-electron chi connectivity index (χ0n) is 11.9. The third-order valence-electron chi connectivity index (χ3n) is 3.70. The molecule has 0 aromatic carbocycles. The van der Waals surface area contributed by atoms with Crippen LogP contribution in [-0.2, 0) is 9.59 Å². The van der Waals surface area contributed by atoms with E-state index in [9.17, 15) is 14.4 Å². The molecule has 4 amide bonds. The first kappa shape index (κ1) is 14.2. The number of carbonyl (C=O) groups excluding carboxylic acids is 3. The van der Waals surface area contributed by atoms with Crippen LogP contribution in [-0.4, -0.2) is 64.9 Å². The number of carbonyl (C=O) groups is 3. The van der Waals surface area contributed by atoms with E-state index in [4.69, 9.17) is 0 Å². The molecule has 2 fully saturated rings. The second kappa shape index (κ2) is 5.96. The molecule has 0 unspecified atom stereocenters. The van der Waals surface area contributed by atoms with Gasteiger partial charge in [0.25, 0.3) is 5.91 Å². The van der Waals surface area contributed by atoms with Gasteiger partial charge in [0.1, 0.15) is 6.04 Å². The molecule has 0 bridgehead atoms. The molecule has 2 aliphatic heterocycles. The number of anilines is 1. The van der Waals surface area contributed by atoms with E-state index >= 15 is 0 Å². The van der Waals surface area contributed by atoms with E-state index in [2.05, 4.69) is 20.6 Å². The number of nitrogens with one attached hydrogen (secondary N) is 2. The van der Waals surface area contributed by atoms with Crippen LogP contribution >= 0.6 is 0 Å². The lowest BCUT2D eigenvalue weighted by molar-refractivity contribution is -0.134. The molecule has 3 heterocycles. The highest BCUT2D eigenvalue weighted by Gasteiger charge is 2.33. The lowest BCUT2D eigenvalue weighted by atomic mass is 10.2. The van der Waals surface area contributed by atoms with E-state index < -0.39 is 18.0 Å². The maximum Gasteiger partial charge on any atom is 0.322 e. The van der Waals surface area contributed by atoms with Gasteiger partial charge in [0, 0.05) is 38.6 Å². The minimum atomic E-state index is -0.768. The molecule has 1 aromatic heterocycles. The average molecular weight is 304 g/mol. The number of urea groups is 1. The quantitative estimate of drug-likeness (QED) is 0.674. The largest absolute Gasteiger partial charge is 0.339 e. The van der Waals surface area contributed by atoms with Crippen LogP contribution in [0.4, 0.5) is 10.7 Å². The number of amides is 4. The van der Waals surface area contributed by atoms with Gasteiger partial charge in [-0.15, -0.1) is 0 Å². The number of hydrogen-bond acceptors (Lipinski definition) is 6. The van der Waals surface area contributed by atoms with E-state index in [1.165, 1.54) is 0 Å². The Hall–Kier alpha value is -2.71. The minimum Gasteiger partial charge on any atom is -0.339 e. The standard InChI is InChI=1S/C13H16N6O3/c20-10(8-9-11(21)17-13(22)16-9)18-4-6-19(7-5-18)12-14-2-1-3-15-12/h1-3,9H,4-8H2,(H2,16,17,21,22)/t9-/m1/s1. The van der Waals surface area contributed by atoms with Gasteiger partial charge in [-0.1, -0.05) is 0 Å². The molecule has 0 aliphatic carbocycles. The third kappa shape index (κ3) is 2.97. The summed E-state index contributed by atoms with van der Waals surface area (Å²) in [7, 11) is 0. The molecule has 1 atom stereocenters. The van der Waals surface area contributed by atoms with Crippen LogP contribution in [0.5, 0.6) is 0 Å². The van der Waals surface area contributed by atoms with Gasteiger partial charge in [0.2, 0.25) is 11.9 Å². The van der Waals surface area contributed by atoms with Crippen molar-refractivity contribution in [3.8, 4) is 0 Å². The molecule has 9 heteroatoms. The molecule has 9 nitrogen and oxygen atoms in total. The maximum atomic E-state index is 12.2. The molecule has 0 radical (unpaired) electrons. The number of imide groups is 1. The normalized spacial score (nSPS) is 21.5. The smallest absolute Gasteiger partial charge is 0.322 e. The zero-order valence-corrected chi connectivity index (χ0v) is 11.9. The van der Waals surface area contributed by atoms with Crippen LogP contribution < -0.4 is 15.5 Å². The van der Waals surface area contributed by atoms with E-state index in [0.29, 0.717) is 32.1 Å². The van der Waals surface area contributed by atoms with Gasteiger partial charge < -0.3 is 15.1 Å². The fourth-order valence-electron chi connectivity index (χ4n) is 2.52. The molecular weight excluding hydrogens is 288 g/mol. The predicted octanol–water partition coefficient (Wildman–Crippen LogP) is -1.28. The van der Waals surface area contributed by atoms with E-state index in [1.807, 2.05) is 4.90 Å². The summed E-state index contributed by atoms with van der Waals surface area (Å²) in [4.78, 5) is 46.7. The lowest BCUT2D eigenvalue weighted by Gasteiger charge is -2.35. The van der Waals surface area contributed by atoms with Crippen LogP contribution in [0.3, 0.4) is 0 Å². The molecule has 1 aromatic rings. The molecule has 0 saturated carbocycles. The SMILES string of the molecule is O=C1NC(=O)[C@@H](CC(=O)N2CCN(c3ncccn3)CC2)N1. The summed E-state index contributed by atoms with van der Waals surface area (Å²) in [6.07, 6.45) is 3.35. The Labute approximate surface area is 126 Å². The Kier molecular flexibility index (Phi) is 3.86. The van der Waals surface area contributed by atoms with Crippen LogP contribution in [0.25, 0.3) is 0 Å². The van der Waals surface area contributed by atoms with Gasteiger partial charge in [-0.25, -0.2) is 14.8 Å². The fraction of sp³-hybridized carbons (Fsp3) is 0.462. The number of aromatic nitrogens is 2. The number of hydrogen-bond donors (Lipinski definition) is 2. The van der Waals surface area contributed by atoms with E-state index in [-0.39, 0.29) is 12.3 Å². The molecular formula is C13H16N6O3. The van der Waals surface area contributed by atoms with Crippen LogP contribution in [0, 0.1) is 0 Å². The van der Waals surface area contributed by atoms with Crippen LogP contribution in [0.2, 0.25) is 0 Å². The summed E-state index contributed by atoms with van der Waals surface area (Å²) in [5, 5.41) is 4.55. The Bertz CT molecular complexity index is 585. The van der Waals surface area contributed by atoms with Crippen molar-refractivity contribution in [3.63, 3.8) is 0 Å². The first-order valence-corrected chi connectivity index (χ1v) is 7.04. The summed E-state index contributed by atoms with van der Waals surface area (Å²) in [6, 6.07) is 0.439. The van der Waals surface area contributed by atoms with Gasteiger partial charge in [-0.05, 0) is 6.07 Å². The van der Waals surface area contributed by atoms with Crippen molar-refractivity contribution in [2.75, 3.05) is 31.1 Å². The number of rotatable bonds is 3. The summed E-state index contributed by atoms with van der Waals surface area (Å²) < 4.78 is 0. The third-order valence-corrected chi connectivity index (χ3v) is 3.70. The summed E-state index contributed by atoms with van der Waals surface area (Å²) >= 11 is 0. The first-order chi connectivity index (χ1) is 10.6. The number of nitrogens with zero attached hydrogens (tertiary/aromatic N) is 4. The van der Waals surface area contributed by atoms with Crippen LogP contribution in [0.1, 0.15) is 6.42 Å². The van der Waals surface area contributed by atoms with Crippen molar-refractivity contribution in [2.45, 2.75) is 12.5 Å². The van der Waals surface area contributed by atoms with Gasteiger partial charge in [-0.2, -0.15) is 0 Å². The second-order valence-corrected chi connectivity index (χ2v) is 5.14. The summed E-state index contributed by atoms with van der Waals surface area (Å²) in [5.74, 6) is 0.0580. The average Bonchev–Trinajstić information content (AvgIpc) is 2.86. The minimum absolute atomic E-state index is 0.0145. The topological polar surface area (TPSA) is 108 Å². The second-order valence-electron chi connectivity index (χ2n) is 5.14. The van der Waals surface area contributed by atoms with Gasteiger partial charge >= 0.3 is 6.03 Å². The predicted molar refractivity (Wildman–Crippen MR) is 75.9 cm³/mol. The van der Waals surface area contributed by atoms with Crippen molar-refractivity contribution in [2.24, 2.45) is 0 Å². The van der Waals surface area contributed by atoms with E-state index in [1.54, 1.807) is 23.4 Å². The van der Waals surface area contributed by atoms with Crippen LogP contribution in [0.15, 0.2) is 18.5 Å². The highest BCUT2D eigenvalue weighted by Crippen LogP contribution is 2.11. The molecule has 3 rings (SSSR count). The Balaban J connectivity index is 1.52. The first-order valence-electron chi connectivity index (χ1n) is 7.04. The molecule has 116 valence electrons. The molecule has 22 heavy (non-hydrogen) atoms. The number of piperazine rings is 1. The Morgan fingerprint density at radius 2 is 1.86 bits per heavy atom. The van der Waals surface area contributed by atoms with Crippen molar-refractivity contribution >= 4 is 23.8 Å². The van der Waals surface area contributed by atoms with Gasteiger partial charge in [-0.3, -0.25) is 14.9 Å². The monoisotopic (exact) mass is 304 g/mol. The summed E-state index contributed by atoms with van der Waals surface area (Å²) in [5.41, 5.74) is 0. The molecule has 2 N–H and O–H groups in total. The molecule has 2 aliphatic rings. The highest BCUT2D eigenvalue weighted by atomic mass is 16.2. The Morgan fingerprint density at radius 1 is 1.18 bits per heavy atom. The van der Waals surface area contributed by atoms with Gasteiger partial charge in [0.15, 0.2) is 0 Å². The van der Waals surface area contributed by atoms with E-state index in [0.717, 1.165) is 0 Å².